The number of hydrogen-bond acceptors (Lipinski definition) is 6. The minimum absolute atomic E-state index is 0.0537. The molecule has 0 spiro atoms. The van der Waals surface area contributed by atoms with Crippen LogP contribution in [-0.4, -0.2) is 10.7 Å². The molecule has 0 aliphatic heterocycles. The van der Waals surface area contributed by atoms with Gasteiger partial charge in [-0.15, -0.1) is 0 Å². The average molecular weight is 409 g/mol. The molecule has 0 atom stereocenters. The van der Waals surface area contributed by atoms with E-state index >= 15 is 0 Å². The number of allylic oxidation sites excluding steroid dienone is 1. The molecule has 0 radical (unpaired) electrons. The first-order valence-corrected chi connectivity index (χ1v) is 9.13. The van der Waals surface area contributed by atoms with E-state index in [4.69, 9.17) is 10.00 Å². The molecule has 0 aromatic heterocycles. The Hall–Kier alpha value is -4.75. The van der Waals surface area contributed by atoms with Crippen LogP contribution < -0.4 is 4.74 Å². The van der Waals surface area contributed by atoms with Crippen molar-refractivity contribution in [2.24, 2.45) is 0 Å². The summed E-state index contributed by atoms with van der Waals surface area (Å²) in [5, 5.41) is 29.3. The van der Waals surface area contributed by atoms with Crippen molar-refractivity contribution in [3.05, 3.63) is 111 Å². The van der Waals surface area contributed by atoms with Crippen LogP contribution in [0.2, 0.25) is 0 Å². The fourth-order valence-corrected chi connectivity index (χ4v) is 2.79. The number of non-ortho nitro benzene ring substituents is 1. The largest absolute Gasteiger partial charge is 0.488 e. The molecule has 0 amide bonds. The molecule has 3 aromatic rings. The van der Waals surface area contributed by atoms with Crippen LogP contribution >= 0.6 is 0 Å². The first-order valence-electron chi connectivity index (χ1n) is 9.13. The molecule has 0 unspecified atom stereocenters. The third-order valence-corrected chi connectivity index (χ3v) is 4.38. The van der Waals surface area contributed by atoms with Gasteiger partial charge in [-0.25, -0.2) is 0 Å². The van der Waals surface area contributed by atoms with Gasteiger partial charge in [0.25, 0.3) is 5.69 Å². The zero-order valence-electron chi connectivity index (χ0n) is 16.2. The highest BCUT2D eigenvalue weighted by Gasteiger charge is 2.16. The number of ether oxygens (including phenoxy) is 1. The number of nitrogens with zero attached hydrogens (tertiary/aromatic N) is 3. The Morgan fingerprint density at radius 2 is 1.77 bits per heavy atom. The lowest BCUT2D eigenvalue weighted by Gasteiger charge is -2.10. The highest BCUT2D eigenvalue weighted by Crippen LogP contribution is 2.24. The average Bonchev–Trinajstić information content (AvgIpc) is 2.81. The van der Waals surface area contributed by atoms with Crippen LogP contribution in [0, 0.1) is 32.8 Å². The standard InChI is InChI=1S/C24H15N3O4/c25-14-17-8-10-18(11-9-17)16-31-23-7-2-1-4-19(23)12-21(15-26)24(28)20-5-3-6-22(13-20)27(29)30/h1-13H,16H2. The Labute approximate surface area is 178 Å². The lowest BCUT2D eigenvalue weighted by molar-refractivity contribution is -0.384. The number of nitro benzene ring substituents is 1. The summed E-state index contributed by atoms with van der Waals surface area (Å²) in [6.07, 6.45) is 1.40. The molecule has 7 heteroatoms. The monoisotopic (exact) mass is 409 g/mol. The Kier molecular flexibility index (Phi) is 6.52. The van der Waals surface area contributed by atoms with Crippen molar-refractivity contribution in [2.75, 3.05) is 0 Å². The fourth-order valence-electron chi connectivity index (χ4n) is 2.79. The number of ketones is 1. The van der Waals surface area contributed by atoms with Gasteiger partial charge in [-0.3, -0.25) is 14.9 Å². The van der Waals surface area contributed by atoms with E-state index in [0.717, 1.165) is 11.6 Å². The Morgan fingerprint density at radius 3 is 2.45 bits per heavy atom. The van der Waals surface area contributed by atoms with Crippen molar-refractivity contribution in [3.63, 3.8) is 0 Å². The molecule has 7 nitrogen and oxygen atoms in total. The lowest BCUT2D eigenvalue weighted by atomic mass is 10.0. The summed E-state index contributed by atoms with van der Waals surface area (Å²) in [5.74, 6) is -0.153. The molecule has 0 bridgehead atoms. The Bertz CT molecular complexity index is 1250. The van der Waals surface area contributed by atoms with Crippen molar-refractivity contribution in [3.8, 4) is 17.9 Å². The van der Waals surface area contributed by atoms with E-state index < -0.39 is 10.7 Å². The molecular formula is C24H15N3O4. The van der Waals surface area contributed by atoms with Crippen LogP contribution in [-0.2, 0) is 6.61 Å². The molecule has 0 fully saturated rings. The SMILES string of the molecule is N#CC(=Cc1ccccc1OCc1ccc(C#N)cc1)C(=O)c1cccc([N+](=O)[O-])c1. The van der Waals surface area contributed by atoms with Crippen molar-refractivity contribution in [2.45, 2.75) is 6.61 Å². The van der Waals surface area contributed by atoms with Crippen molar-refractivity contribution in [1.82, 2.24) is 0 Å². The van der Waals surface area contributed by atoms with Gasteiger partial charge in [-0.05, 0) is 29.8 Å². The highest BCUT2D eigenvalue weighted by atomic mass is 16.6. The fraction of sp³-hybridized carbons (Fsp3) is 0.0417. The zero-order chi connectivity index (χ0) is 22.2. The van der Waals surface area contributed by atoms with Crippen molar-refractivity contribution < 1.29 is 14.5 Å². The second-order valence-corrected chi connectivity index (χ2v) is 6.44. The number of nitriles is 2. The molecule has 0 aliphatic carbocycles. The van der Waals surface area contributed by atoms with Crippen LogP contribution in [0.25, 0.3) is 6.08 Å². The molecular weight excluding hydrogens is 394 g/mol. The normalized spacial score (nSPS) is 10.6. The maximum absolute atomic E-state index is 12.7. The Balaban J connectivity index is 1.85. The van der Waals surface area contributed by atoms with Gasteiger partial charge in [0.1, 0.15) is 24.0 Å². The highest BCUT2D eigenvalue weighted by molar-refractivity contribution is 6.14. The van der Waals surface area contributed by atoms with Crippen molar-refractivity contribution in [1.29, 1.82) is 10.5 Å². The van der Waals surface area contributed by atoms with Gasteiger partial charge in [0.15, 0.2) is 0 Å². The summed E-state index contributed by atoms with van der Waals surface area (Å²) < 4.78 is 5.84. The van der Waals surface area contributed by atoms with Gasteiger partial charge in [0.05, 0.1) is 16.6 Å². The number of para-hydroxylation sites is 1. The van der Waals surface area contributed by atoms with E-state index in [1.54, 1.807) is 48.5 Å². The molecule has 31 heavy (non-hydrogen) atoms. The number of carbonyl (C=O) groups excluding carboxylic acids is 1. The van der Waals surface area contributed by atoms with Gasteiger partial charge in [-0.1, -0.05) is 42.5 Å². The van der Waals surface area contributed by atoms with Gasteiger partial charge < -0.3 is 4.74 Å². The van der Waals surface area contributed by atoms with E-state index in [1.165, 1.54) is 24.3 Å². The number of benzene rings is 3. The smallest absolute Gasteiger partial charge is 0.270 e. The number of rotatable bonds is 7. The lowest BCUT2D eigenvalue weighted by Crippen LogP contribution is -2.03. The molecule has 3 rings (SSSR count). The van der Waals surface area contributed by atoms with Crippen LogP contribution in [0.1, 0.15) is 27.0 Å². The van der Waals surface area contributed by atoms with E-state index in [2.05, 4.69) is 6.07 Å². The van der Waals surface area contributed by atoms with E-state index in [1.807, 2.05) is 6.07 Å². The van der Waals surface area contributed by atoms with Crippen molar-refractivity contribution >= 4 is 17.5 Å². The topological polar surface area (TPSA) is 117 Å². The maximum Gasteiger partial charge on any atom is 0.270 e. The van der Waals surface area contributed by atoms with Crippen LogP contribution in [0.3, 0.4) is 0 Å². The van der Waals surface area contributed by atoms with E-state index in [0.29, 0.717) is 16.9 Å². The molecule has 0 aliphatic rings. The number of nitro groups is 1. The summed E-state index contributed by atoms with van der Waals surface area (Å²) in [7, 11) is 0. The number of Topliss-reactive ketones (excluding diaryl/α,β-unsaturated/α-hetero) is 1. The molecule has 0 saturated carbocycles. The third-order valence-electron chi connectivity index (χ3n) is 4.38. The summed E-state index contributed by atoms with van der Waals surface area (Å²) in [6.45, 7) is 0.233. The van der Waals surface area contributed by atoms with E-state index in [9.17, 15) is 20.2 Å². The van der Waals surface area contributed by atoms with Gasteiger partial charge in [-0.2, -0.15) is 10.5 Å². The predicted molar refractivity (Wildman–Crippen MR) is 113 cm³/mol. The minimum atomic E-state index is -0.618. The van der Waals surface area contributed by atoms with Crippen LogP contribution in [0.4, 0.5) is 5.69 Å². The van der Waals surface area contributed by atoms with Gasteiger partial charge in [0, 0.05) is 23.3 Å². The summed E-state index contributed by atoms with van der Waals surface area (Å²) in [5.41, 5.74) is 1.57. The zero-order valence-corrected chi connectivity index (χ0v) is 16.2. The number of carbonyl (C=O) groups is 1. The number of hydrogen-bond donors (Lipinski definition) is 0. The maximum atomic E-state index is 12.7. The summed E-state index contributed by atoms with van der Waals surface area (Å²) in [4.78, 5) is 23.1. The van der Waals surface area contributed by atoms with E-state index in [-0.39, 0.29) is 23.4 Å². The third kappa shape index (κ3) is 5.20. The summed E-state index contributed by atoms with van der Waals surface area (Å²) in [6, 6.07) is 23.0. The molecule has 0 heterocycles. The van der Waals surface area contributed by atoms with Crippen LogP contribution in [0.15, 0.2) is 78.4 Å². The second-order valence-electron chi connectivity index (χ2n) is 6.44. The molecule has 150 valence electrons. The second kappa shape index (κ2) is 9.64. The van der Waals surface area contributed by atoms with Crippen LogP contribution in [0.5, 0.6) is 5.75 Å². The molecule has 0 N–H and O–H groups in total. The quantitative estimate of drug-likeness (QED) is 0.181. The summed E-state index contributed by atoms with van der Waals surface area (Å²) >= 11 is 0. The minimum Gasteiger partial charge on any atom is -0.488 e. The van der Waals surface area contributed by atoms with Gasteiger partial charge >= 0.3 is 0 Å². The van der Waals surface area contributed by atoms with Gasteiger partial charge in [0.2, 0.25) is 5.78 Å². The Morgan fingerprint density at radius 1 is 1.03 bits per heavy atom. The first-order chi connectivity index (χ1) is 15.0. The molecule has 0 saturated heterocycles. The first kappa shape index (κ1) is 21.0. The molecule has 3 aromatic carbocycles. The predicted octanol–water partition coefficient (Wildman–Crippen LogP) is 4.84.